The third kappa shape index (κ3) is 2.89. The molecule has 3 aromatic rings. The van der Waals surface area contributed by atoms with Crippen molar-refractivity contribution in [1.29, 1.82) is 0 Å². The summed E-state index contributed by atoms with van der Waals surface area (Å²) in [6.07, 6.45) is 4.18. The Hall–Kier alpha value is -3.34. The van der Waals surface area contributed by atoms with Crippen LogP contribution in [0.15, 0.2) is 78.2 Å². The normalized spacial score (nSPS) is 20.0. The molecule has 2 aromatic carbocycles. The molecule has 0 saturated carbocycles. The molecule has 1 aromatic heterocycles. The highest BCUT2D eigenvalue weighted by molar-refractivity contribution is 6.02. The number of hydrogen-bond donors (Lipinski definition) is 0. The summed E-state index contributed by atoms with van der Waals surface area (Å²) in [6, 6.07) is 20.5. The van der Waals surface area contributed by atoms with Gasteiger partial charge in [-0.2, -0.15) is 5.10 Å². The van der Waals surface area contributed by atoms with Crippen molar-refractivity contribution in [2.45, 2.75) is 25.6 Å². The lowest BCUT2D eigenvalue weighted by atomic mass is 9.96. The van der Waals surface area contributed by atoms with Gasteiger partial charge >= 0.3 is 0 Å². The summed E-state index contributed by atoms with van der Waals surface area (Å²) >= 11 is 0. The van der Waals surface area contributed by atoms with E-state index >= 15 is 0 Å². The first kappa shape index (κ1) is 16.8. The van der Waals surface area contributed by atoms with Gasteiger partial charge in [0.1, 0.15) is 11.5 Å². The molecule has 140 valence electrons. The van der Waals surface area contributed by atoms with Crippen LogP contribution >= 0.6 is 0 Å². The largest absolute Gasteiger partial charge is 0.494 e. The van der Waals surface area contributed by atoms with Crippen molar-refractivity contribution >= 4 is 5.71 Å². The molecule has 0 aliphatic carbocycles. The second kappa shape index (κ2) is 7.00. The van der Waals surface area contributed by atoms with Crippen LogP contribution in [0.3, 0.4) is 0 Å². The Labute approximate surface area is 164 Å². The van der Waals surface area contributed by atoms with Gasteiger partial charge < -0.3 is 9.47 Å². The van der Waals surface area contributed by atoms with Crippen LogP contribution in [0.2, 0.25) is 0 Å². The van der Waals surface area contributed by atoms with Crippen LogP contribution in [0.1, 0.15) is 42.3 Å². The second-order valence-electron chi connectivity index (χ2n) is 6.90. The fourth-order valence-electron chi connectivity index (χ4n) is 3.86. The maximum atomic E-state index is 6.33. The number of para-hydroxylation sites is 1. The van der Waals surface area contributed by atoms with Crippen LogP contribution < -0.4 is 9.47 Å². The number of hydrazone groups is 1. The number of fused-ring (bicyclic) bond motifs is 3. The van der Waals surface area contributed by atoms with Gasteiger partial charge in [-0.15, -0.1) is 0 Å². The van der Waals surface area contributed by atoms with E-state index < -0.39 is 0 Å². The van der Waals surface area contributed by atoms with Gasteiger partial charge in [-0.05, 0) is 48.9 Å². The van der Waals surface area contributed by atoms with Crippen LogP contribution in [-0.4, -0.2) is 22.3 Å². The maximum Gasteiger partial charge on any atom is 0.215 e. The molecule has 0 radical (unpaired) electrons. The lowest BCUT2D eigenvalue weighted by Gasteiger charge is -2.38. The molecule has 5 heteroatoms. The predicted molar refractivity (Wildman–Crippen MR) is 107 cm³/mol. The topological polar surface area (TPSA) is 47.0 Å². The smallest absolute Gasteiger partial charge is 0.215 e. The molecule has 5 rings (SSSR count). The monoisotopic (exact) mass is 371 g/mol. The van der Waals surface area contributed by atoms with Crippen molar-refractivity contribution in [3.8, 4) is 11.5 Å². The number of ether oxygens (including phenoxy) is 2. The lowest BCUT2D eigenvalue weighted by Crippen LogP contribution is -2.33. The van der Waals surface area contributed by atoms with E-state index in [0.29, 0.717) is 6.61 Å². The highest BCUT2D eigenvalue weighted by atomic mass is 16.5. The summed E-state index contributed by atoms with van der Waals surface area (Å²) < 4.78 is 11.9. The third-order valence-corrected chi connectivity index (χ3v) is 5.17. The van der Waals surface area contributed by atoms with Crippen molar-refractivity contribution < 1.29 is 9.47 Å². The summed E-state index contributed by atoms with van der Waals surface area (Å²) in [5.74, 6) is 1.80. The second-order valence-corrected chi connectivity index (χ2v) is 6.90. The first-order valence-electron chi connectivity index (χ1n) is 9.58. The molecule has 0 fully saturated rings. The van der Waals surface area contributed by atoms with E-state index in [-0.39, 0.29) is 12.3 Å². The van der Waals surface area contributed by atoms with Crippen molar-refractivity contribution in [2.75, 3.05) is 6.61 Å². The number of benzene rings is 2. The van der Waals surface area contributed by atoms with E-state index in [0.717, 1.165) is 34.8 Å². The molecule has 2 aliphatic rings. The quantitative estimate of drug-likeness (QED) is 0.666. The molecule has 0 N–H and O–H groups in total. The molecule has 3 heterocycles. The third-order valence-electron chi connectivity index (χ3n) is 5.17. The summed E-state index contributed by atoms with van der Waals surface area (Å²) in [6.45, 7) is 2.65. The average molecular weight is 371 g/mol. The van der Waals surface area contributed by atoms with Gasteiger partial charge in [-0.3, -0.25) is 4.98 Å². The van der Waals surface area contributed by atoms with Gasteiger partial charge in [-0.1, -0.05) is 24.3 Å². The molecule has 0 spiro atoms. The number of pyridine rings is 1. The van der Waals surface area contributed by atoms with E-state index in [1.807, 2.05) is 49.5 Å². The molecule has 0 unspecified atom stereocenters. The standard InChI is InChI=1S/C23H21N3O2/c1-2-27-18-11-9-16(10-12-18)20-14-21-19-7-3-4-8-22(19)28-23(26(21)25-20)17-6-5-13-24-15-17/h3-13,15,21,23H,2,14H2,1H3/t21-,23-/m1/s1. The molecule has 2 aliphatic heterocycles. The highest BCUT2D eigenvalue weighted by Gasteiger charge is 2.40. The minimum absolute atomic E-state index is 0.150. The van der Waals surface area contributed by atoms with Crippen LogP contribution in [0.5, 0.6) is 11.5 Å². The fourth-order valence-corrected chi connectivity index (χ4v) is 3.86. The molecule has 2 atom stereocenters. The number of nitrogens with zero attached hydrogens (tertiary/aromatic N) is 3. The minimum Gasteiger partial charge on any atom is -0.494 e. The molecule has 28 heavy (non-hydrogen) atoms. The van der Waals surface area contributed by atoms with Crippen molar-refractivity contribution in [1.82, 2.24) is 9.99 Å². The van der Waals surface area contributed by atoms with E-state index in [2.05, 4.69) is 34.3 Å². The zero-order valence-electron chi connectivity index (χ0n) is 15.7. The molecule has 0 saturated heterocycles. The lowest BCUT2D eigenvalue weighted by molar-refractivity contribution is -0.0192. The molecule has 5 nitrogen and oxygen atoms in total. The summed E-state index contributed by atoms with van der Waals surface area (Å²) in [4.78, 5) is 4.27. The van der Waals surface area contributed by atoms with Crippen LogP contribution in [0.25, 0.3) is 0 Å². The summed E-state index contributed by atoms with van der Waals surface area (Å²) in [7, 11) is 0. The average Bonchev–Trinajstić information content (AvgIpc) is 3.20. The maximum absolute atomic E-state index is 6.33. The fraction of sp³-hybridized carbons (Fsp3) is 0.217. The van der Waals surface area contributed by atoms with Crippen molar-refractivity contribution in [3.63, 3.8) is 0 Å². The SMILES string of the molecule is CCOc1ccc(C2=NN3[C@H](C2)c2ccccc2O[C@@H]3c2cccnc2)cc1. The first-order valence-corrected chi connectivity index (χ1v) is 9.58. The summed E-state index contributed by atoms with van der Waals surface area (Å²) in [5, 5.41) is 7.04. The Balaban J connectivity index is 1.53. The Bertz CT molecular complexity index is 1000. The predicted octanol–water partition coefficient (Wildman–Crippen LogP) is 4.72. The zero-order chi connectivity index (χ0) is 18.9. The van der Waals surface area contributed by atoms with Gasteiger partial charge in [0.2, 0.25) is 6.23 Å². The first-order chi connectivity index (χ1) is 13.8. The molecule has 0 amide bonds. The number of rotatable bonds is 4. The summed E-state index contributed by atoms with van der Waals surface area (Å²) in [5.41, 5.74) is 4.34. The van der Waals surface area contributed by atoms with Crippen molar-refractivity contribution in [3.05, 3.63) is 89.7 Å². The van der Waals surface area contributed by atoms with Gasteiger partial charge in [0.25, 0.3) is 0 Å². The Morgan fingerprint density at radius 1 is 1.07 bits per heavy atom. The van der Waals surface area contributed by atoms with E-state index in [4.69, 9.17) is 14.6 Å². The van der Waals surface area contributed by atoms with Crippen LogP contribution in [0.4, 0.5) is 0 Å². The van der Waals surface area contributed by atoms with Crippen LogP contribution in [-0.2, 0) is 0 Å². The van der Waals surface area contributed by atoms with E-state index in [1.54, 1.807) is 6.20 Å². The van der Waals surface area contributed by atoms with Crippen LogP contribution in [0, 0.1) is 0 Å². The number of hydrogen-bond acceptors (Lipinski definition) is 5. The van der Waals surface area contributed by atoms with Gasteiger partial charge in [0, 0.05) is 29.9 Å². The molecule has 0 bridgehead atoms. The van der Waals surface area contributed by atoms with Gasteiger partial charge in [0.15, 0.2) is 0 Å². The van der Waals surface area contributed by atoms with Gasteiger partial charge in [0.05, 0.1) is 18.4 Å². The minimum atomic E-state index is -0.284. The molecular weight excluding hydrogens is 350 g/mol. The Kier molecular flexibility index (Phi) is 4.20. The van der Waals surface area contributed by atoms with Gasteiger partial charge in [-0.25, -0.2) is 5.01 Å². The van der Waals surface area contributed by atoms with E-state index in [1.165, 1.54) is 5.56 Å². The van der Waals surface area contributed by atoms with E-state index in [9.17, 15) is 0 Å². The number of aromatic nitrogens is 1. The molecular formula is C23H21N3O2. The zero-order valence-corrected chi connectivity index (χ0v) is 15.7. The van der Waals surface area contributed by atoms with Crippen molar-refractivity contribution in [2.24, 2.45) is 5.10 Å². The Morgan fingerprint density at radius 3 is 2.71 bits per heavy atom. The Morgan fingerprint density at radius 2 is 1.93 bits per heavy atom. The highest BCUT2D eigenvalue weighted by Crippen LogP contribution is 2.47.